The number of fused-ring (bicyclic) bond motifs is 1. The summed E-state index contributed by atoms with van der Waals surface area (Å²) < 4.78 is 9.91. The monoisotopic (exact) mass is 312 g/mol. The van der Waals surface area contributed by atoms with Crippen molar-refractivity contribution in [1.82, 2.24) is 4.90 Å². The molecule has 0 aromatic carbocycles. The van der Waals surface area contributed by atoms with Gasteiger partial charge in [-0.15, -0.1) is 0 Å². The van der Waals surface area contributed by atoms with Crippen LogP contribution in [0.5, 0.6) is 0 Å². The predicted molar refractivity (Wildman–Crippen MR) is 75.4 cm³/mol. The van der Waals surface area contributed by atoms with Gasteiger partial charge < -0.3 is 15.2 Å². The second kappa shape index (κ2) is 6.21. The van der Waals surface area contributed by atoms with E-state index in [4.69, 9.17) is 15.2 Å². The second-order valence-corrected chi connectivity index (χ2v) is 5.25. The highest BCUT2D eigenvalue weighted by Crippen LogP contribution is 2.40. The minimum Gasteiger partial charge on any atom is -0.463 e. The fourth-order valence-electron chi connectivity index (χ4n) is 2.09. The molecule has 2 aliphatic heterocycles. The Hall–Kier alpha value is -1.96. The number of rotatable bonds is 4. The molecule has 1 saturated heterocycles. The Morgan fingerprint density at radius 2 is 1.76 bits per heavy atom. The van der Waals surface area contributed by atoms with E-state index in [0.29, 0.717) is 5.03 Å². The maximum Gasteiger partial charge on any atom is 0.338 e. The maximum atomic E-state index is 12.0. The van der Waals surface area contributed by atoms with Crippen LogP contribution in [0.1, 0.15) is 20.3 Å². The van der Waals surface area contributed by atoms with E-state index in [2.05, 4.69) is 0 Å². The zero-order chi connectivity index (χ0) is 15.6. The first-order valence-corrected chi connectivity index (χ1v) is 7.51. The molecule has 2 rings (SSSR count). The molecule has 1 fully saturated rings. The first-order chi connectivity index (χ1) is 10.0. The highest BCUT2D eigenvalue weighted by atomic mass is 32.2. The van der Waals surface area contributed by atoms with E-state index in [1.54, 1.807) is 13.8 Å². The quantitative estimate of drug-likeness (QED) is 0.753. The minimum absolute atomic E-state index is 0.00954. The Labute approximate surface area is 126 Å². The number of nitrogens with two attached hydrogens (primary N) is 1. The summed E-state index contributed by atoms with van der Waals surface area (Å²) in [5.41, 5.74) is 6.29. The van der Waals surface area contributed by atoms with Gasteiger partial charge in [0.05, 0.1) is 35.1 Å². The molecule has 1 amide bonds. The topological polar surface area (TPSA) is 98.9 Å². The molecule has 2 aliphatic rings. The molecule has 8 heteroatoms. The Balaban J connectivity index is 2.41. The Bertz CT molecular complexity index is 567. The fraction of sp³-hybridized carbons (Fsp3) is 0.462. The molecule has 2 N–H and O–H groups in total. The largest absolute Gasteiger partial charge is 0.463 e. The summed E-state index contributed by atoms with van der Waals surface area (Å²) in [5, 5.41) is 0.448. The van der Waals surface area contributed by atoms with Gasteiger partial charge in [0.15, 0.2) is 0 Å². The standard InChI is InChI=1S/C13H16N2O5S/c1-3-19-12(17)7-5-8(13(18)20-4-2)11-15(10(7)14)9(16)6-21-11/h3-6,14H2,1-2H3. The lowest BCUT2D eigenvalue weighted by Crippen LogP contribution is -2.36. The fourth-order valence-corrected chi connectivity index (χ4v) is 3.14. The highest BCUT2D eigenvalue weighted by molar-refractivity contribution is 8.04. The van der Waals surface area contributed by atoms with Gasteiger partial charge in [0.2, 0.25) is 5.91 Å². The average Bonchev–Trinajstić information content (AvgIpc) is 2.82. The number of hydrogen-bond acceptors (Lipinski definition) is 7. The van der Waals surface area contributed by atoms with E-state index in [9.17, 15) is 14.4 Å². The smallest absolute Gasteiger partial charge is 0.338 e. The molecule has 0 radical (unpaired) electrons. The zero-order valence-electron chi connectivity index (χ0n) is 11.8. The van der Waals surface area contributed by atoms with Gasteiger partial charge in [0, 0.05) is 6.42 Å². The third-order valence-electron chi connectivity index (χ3n) is 2.99. The van der Waals surface area contributed by atoms with E-state index in [0.717, 1.165) is 0 Å². The molecular formula is C13H16N2O5S. The van der Waals surface area contributed by atoms with Crippen LogP contribution in [0.4, 0.5) is 0 Å². The molecule has 2 heterocycles. The van der Waals surface area contributed by atoms with Crippen LogP contribution in [0.3, 0.4) is 0 Å². The summed E-state index contributed by atoms with van der Waals surface area (Å²) in [6, 6.07) is 0. The van der Waals surface area contributed by atoms with E-state index < -0.39 is 11.9 Å². The number of hydrogen-bond donors (Lipinski definition) is 1. The summed E-state index contributed by atoms with van der Waals surface area (Å²) in [6.07, 6.45) is 0.00954. The van der Waals surface area contributed by atoms with Gasteiger partial charge in [-0.3, -0.25) is 9.69 Å². The number of esters is 2. The normalized spacial score (nSPS) is 18.0. The molecule has 21 heavy (non-hydrogen) atoms. The van der Waals surface area contributed by atoms with Crippen molar-refractivity contribution in [3.8, 4) is 0 Å². The van der Waals surface area contributed by atoms with Crippen molar-refractivity contribution >= 4 is 29.6 Å². The number of carbonyl (C=O) groups excluding carboxylic acids is 3. The molecule has 0 atom stereocenters. The predicted octanol–water partition coefficient (Wildman–Crippen LogP) is 0.474. The van der Waals surface area contributed by atoms with E-state index in [1.165, 1.54) is 16.7 Å². The third kappa shape index (κ3) is 2.76. The van der Waals surface area contributed by atoms with Gasteiger partial charge in [0.1, 0.15) is 5.82 Å². The average molecular weight is 312 g/mol. The number of nitrogens with zero attached hydrogens (tertiary/aromatic N) is 1. The number of ether oxygens (including phenoxy) is 2. The van der Waals surface area contributed by atoms with Crippen molar-refractivity contribution in [2.75, 3.05) is 19.0 Å². The van der Waals surface area contributed by atoms with Gasteiger partial charge in [-0.05, 0) is 13.8 Å². The van der Waals surface area contributed by atoms with Crippen molar-refractivity contribution in [2.45, 2.75) is 20.3 Å². The van der Waals surface area contributed by atoms with Crippen LogP contribution in [0.15, 0.2) is 22.0 Å². The molecule has 7 nitrogen and oxygen atoms in total. The summed E-state index contributed by atoms with van der Waals surface area (Å²) in [4.78, 5) is 37.1. The van der Waals surface area contributed by atoms with Crippen LogP contribution in [0, 0.1) is 0 Å². The first-order valence-electron chi connectivity index (χ1n) is 6.53. The minimum atomic E-state index is -0.624. The number of thioether (sulfide) groups is 1. The second-order valence-electron chi connectivity index (χ2n) is 4.28. The lowest BCUT2D eigenvalue weighted by atomic mass is 10.0. The summed E-state index contributed by atoms with van der Waals surface area (Å²) in [6.45, 7) is 3.75. The van der Waals surface area contributed by atoms with Gasteiger partial charge in [-0.2, -0.15) is 0 Å². The van der Waals surface area contributed by atoms with Crippen molar-refractivity contribution in [2.24, 2.45) is 5.73 Å². The molecule has 0 aromatic rings. The van der Waals surface area contributed by atoms with E-state index in [-0.39, 0.29) is 48.3 Å². The lowest BCUT2D eigenvalue weighted by Gasteiger charge is -2.27. The molecule has 0 aromatic heterocycles. The van der Waals surface area contributed by atoms with Crippen LogP contribution < -0.4 is 5.73 Å². The van der Waals surface area contributed by atoms with Crippen molar-refractivity contribution < 1.29 is 23.9 Å². The van der Waals surface area contributed by atoms with Crippen LogP contribution in [-0.2, 0) is 23.9 Å². The molecule has 0 spiro atoms. The molecule has 114 valence electrons. The van der Waals surface area contributed by atoms with E-state index >= 15 is 0 Å². The van der Waals surface area contributed by atoms with Gasteiger partial charge >= 0.3 is 11.9 Å². The van der Waals surface area contributed by atoms with Crippen LogP contribution in [0.25, 0.3) is 0 Å². The summed E-state index contributed by atoms with van der Waals surface area (Å²) in [5.74, 6) is -1.23. The maximum absolute atomic E-state index is 12.0. The Morgan fingerprint density at radius 3 is 2.33 bits per heavy atom. The summed E-state index contributed by atoms with van der Waals surface area (Å²) in [7, 11) is 0. The molecule has 0 saturated carbocycles. The Morgan fingerprint density at radius 1 is 1.19 bits per heavy atom. The van der Waals surface area contributed by atoms with Gasteiger partial charge in [0.25, 0.3) is 0 Å². The van der Waals surface area contributed by atoms with Crippen molar-refractivity contribution in [3.05, 3.63) is 22.0 Å². The highest BCUT2D eigenvalue weighted by Gasteiger charge is 2.40. The zero-order valence-corrected chi connectivity index (χ0v) is 12.6. The van der Waals surface area contributed by atoms with Crippen LogP contribution >= 0.6 is 11.8 Å². The van der Waals surface area contributed by atoms with Crippen LogP contribution in [0.2, 0.25) is 0 Å². The first kappa shape index (κ1) is 15.4. The third-order valence-corrected chi connectivity index (χ3v) is 4.08. The SMILES string of the molecule is CCOC(=O)C1=C(N)N2C(=O)CSC2=C(C(=O)OCC)C1. The van der Waals surface area contributed by atoms with Crippen molar-refractivity contribution in [3.63, 3.8) is 0 Å². The molecule has 0 aliphatic carbocycles. The van der Waals surface area contributed by atoms with E-state index in [1.807, 2.05) is 0 Å². The lowest BCUT2D eigenvalue weighted by molar-refractivity contribution is -0.139. The van der Waals surface area contributed by atoms with Crippen molar-refractivity contribution in [1.29, 1.82) is 0 Å². The number of carbonyl (C=O) groups is 3. The van der Waals surface area contributed by atoms with Crippen LogP contribution in [-0.4, -0.2) is 41.7 Å². The molecule has 0 bridgehead atoms. The van der Waals surface area contributed by atoms with Gasteiger partial charge in [-0.25, -0.2) is 9.59 Å². The van der Waals surface area contributed by atoms with Gasteiger partial charge in [-0.1, -0.05) is 11.8 Å². The number of amides is 1. The summed E-state index contributed by atoms with van der Waals surface area (Å²) >= 11 is 1.22. The molecular weight excluding hydrogens is 296 g/mol. The Kier molecular flexibility index (Phi) is 4.56. The molecule has 0 unspecified atom stereocenters.